The van der Waals surface area contributed by atoms with Crippen molar-refractivity contribution in [3.63, 3.8) is 0 Å². The number of hydrogen-bond acceptors (Lipinski definition) is 4. The van der Waals surface area contributed by atoms with Crippen molar-refractivity contribution in [2.24, 2.45) is 0 Å². The van der Waals surface area contributed by atoms with Crippen LogP contribution in [0.15, 0.2) is 60.9 Å². The van der Waals surface area contributed by atoms with Gasteiger partial charge in [-0.3, -0.25) is 9.88 Å². The first kappa shape index (κ1) is 20.0. The third-order valence-electron chi connectivity index (χ3n) is 5.64. The van der Waals surface area contributed by atoms with E-state index in [1.807, 2.05) is 12.1 Å². The predicted octanol–water partition coefficient (Wildman–Crippen LogP) is 4.96. The van der Waals surface area contributed by atoms with E-state index >= 15 is 0 Å². The van der Waals surface area contributed by atoms with Gasteiger partial charge in [-0.25, -0.2) is 9.18 Å². The number of carboxylic acid groups (broad SMARTS) is 1. The average Bonchev–Trinajstić information content (AvgIpc) is 3.11. The van der Waals surface area contributed by atoms with Crippen LogP contribution in [0.1, 0.15) is 41.4 Å². The molecule has 2 aromatic carbocycles. The Hall–Kier alpha value is -3.25. The van der Waals surface area contributed by atoms with Crippen LogP contribution < -0.4 is 5.32 Å². The molecular formula is C24H24FN3O2. The number of nitrogens with one attached hydrogen (secondary N) is 1. The van der Waals surface area contributed by atoms with Crippen LogP contribution >= 0.6 is 0 Å². The second-order valence-electron chi connectivity index (χ2n) is 7.78. The number of halogens is 1. The molecule has 5 nitrogen and oxygen atoms in total. The number of anilines is 1. The lowest BCUT2D eigenvalue weighted by molar-refractivity contribution is 0.0697. The normalized spacial score (nSPS) is 15.9. The monoisotopic (exact) mass is 405 g/mol. The van der Waals surface area contributed by atoms with Crippen molar-refractivity contribution in [3.8, 4) is 11.1 Å². The first-order valence-corrected chi connectivity index (χ1v) is 10.0. The van der Waals surface area contributed by atoms with E-state index in [1.54, 1.807) is 18.3 Å². The fourth-order valence-corrected chi connectivity index (χ4v) is 4.11. The molecule has 0 bridgehead atoms. The molecule has 0 fully saturated rings. The van der Waals surface area contributed by atoms with Crippen LogP contribution in [0.5, 0.6) is 0 Å². The highest BCUT2D eigenvalue weighted by molar-refractivity contribution is 5.93. The van der Waals surface area contributed by atoms with Gasteiger partial charge in [-0.2, -0.15) is 0 Å². The fraction of sp³-hybridized carbons (Fsp3) is 0.250. The first-order valence-electron chi connectivity index (χ1n) is 10.0. The molecule has 0 amide bonds. The van der Waals surface area contributed by atoms with Crippen LogP contribution in [-0.2, 0) is 6.54 Å². The number of carboxylic acids is 1. The molecule has 6 heteroatoms. The lowest BCUT2D eigenvalue weighted by Gasteiger charge is -2.29. The second-order valence-corrected chi connectivity index (χ2v) is 7.78. The van der Waals surface area contributed by atoms with Gasteiger partial charge in [0.05, 0.1) is 23.5 Å². The summed E-state index contributed by atoms with van der Waals surface area (Å²) >= 11 is 0. The highest BCUT2D eigenvalue weighted by Crippen LogP contribution is 2.38. The van der Waals surface area contributed by atoms with Crippen LogP contribution in [0.2, 0.25) is 0 Å². The molecule has 0 unspecified atom stereocenters. The maximum atomic E-state index is 14.2. The Morgan fingerprint density at radius 1 is 1.27 bits per heavy atom. The zero-order valence-corrected chi connectivity index (χ0v) is 17.0. The lowest BCUT2D eigenvalue weighted by atomic mass is 9.97. The summed E-state index contributed by atoms with van der Waals surface area (Å²) in [6.07, 6.45) is 3.02. The number of aromatic carboxylic acids is 1. The van der Waals surface area contributed by atoms with Gasteiger partial charge in [0, 0.05) is 30.9 Å². The summed E-state index contributed by atoms with van der Waals surface area (Å²) in [5.74, 6) is -1.21. The van der Waals surface area contributed by atoms with Gasteiger partial charge in [0.2, 0.25) is 0 Å². The predicted molar refractivity (Wildman–Crippen MR) is 115 cm³/mol. The molecule has 3 aromatic rings. The number of fused-ring (bicyclic) bond motifs is 1. The van der Waals surface area contributed by atoms with E-state index in [0.717, 1.165) is 12.1 Å². The number of carbonyl (C=O) groups is 1. The summed E-state index contributed by atoms with van der Waals surface area (Å²) in [4.78, 5) is 17.9. The standard InChI is InChI=1S/C24H24FN3O2/c1-15(2)28-14-17-11-16(18-5-3-4-6-21(18)25)7-8-19(17)23(28)13-27-22-12-26-10-9-20(22)24(29)30/h3-12,15,23,27H,13-14H2,1-2H3,(H,29,30)/t23-/m0/s1. The fourth-order valence-electron chi connectivity index (χ4n) is 4.11. The van der Waals surface area contributed by atoms with Crippen molar-refractivity contribution in [3.05, 3.63) is 83.4 Å². The Labute approximate surface area is 175 Å². The largest absolute Gasteiger partial charge is 0.478 e. The van der Waals surface area contributed by atoms with Crippen LogP contribution in [-0.4, -0.2) is 33.5 Å². The van der Waals surface area contributed by atoms with Crippen molar-refractivity contribution >= 4 is 11.7 Å². The molecule has 30 heavy (non-hydrogen) atoms. The lowest BCUT2D eigenvalue weighted by Crippen LogP contribution is -2.33. The molecule has 1 aliphatic heterocycles. The molecule has 2 N–H and O–H groups in total. The smallest absolute Gasteiger partial charge is 0.337 e. The minimum Gasteiger partial charge on any atom is -0.478 e. The van der Waals surface area contributed by atoms with Gasteiger partial charge in [0.1, 0.15) is 5.82 Å². The van der Waals surface area contributed by atoms with Gasteiger partial charge in [-0.15, -0.1) is 0 Å². The summed E-state index contributed by atoms with van der Waals surface area (Å²) < 4.78 is 14.2. The minimum absolute atomic E-state index is 0.0801. The van der Waals surface area contributed by atoms with Crippen molar-refractivity contribution in [2.75, 3.05) is 11.9 Å². The SMILES string of the molecule is CC(C)N1Cc2cc(-c3ccccc3F)ccc2[C@@H]1CNc1cnccc1C(=O)O. The topological polar surface area (TPSA) is 65.5 Å². The molecule has 0 saturated heterocycles. The molecule has 0 aliphatic carbocycles. The van der Waals surface area contributed by atoms with Crippen molar-refractivity contribution in [1.29, 1.82) is 0 Å². The van der Waals surface area contributed by atoms with Gasteiger partial charge in [-0.1, -0.05) is 30.3 Å². The van der Waals surface area contributed by atoms with E-state index in [-0.39, 0.29) is 17.4 Å². The van der Waals surface area contributed by atoms with Crippen LogP contribution in [0, 0.1) is 5.82 Å². The summed E-state index contributed by atoms with van der Waals surface area (Å²) in [7, 11) is 0. The van der Waals surface area contributed by atoms with Crippen molar-refractivity contribution < 1.29 is 14.3 Å². The molecule has 0 spiro atoms. The van der Waals surface area contributed by atoms with E-state index in [2.05, 4.69) is 41.2 Å². The first-order chi connectivity index (χ1) is 14.5. The summed E-state index contributed by atoms with van der Waals surface area (Å²) in [6, 6.07) is 14.8. The Morgan fingerprint density at radius 2 is 2.07 bits per heavy atom. The Balaban J connectivity index is 1.63. The molecule has 0 saturated carbocycles. The number of aromatic nitrogens is 1. The summed E-state index contributed by atoms with van der Waals surface area (Å²) in [5.41, 5.74) is 4.52. The number of rotatable bonds is 6. The molecule has 4 rings (SSSR count). The average molecular weight is 405 g/mol. The molecule has 1 aliphatic rings. The van der Waals surface area contributed by atoms with Gasteiger partial charge in [0.25, 0.3) is 0 Å². The Bertz CT molecular complexity index is 1080. The molecule has 1 aromatic heterocycles. The maximum Gasteiger partial charge on any atom is 0.337 e. The maximum absolute atomic E-state index is 14.2. The van der Waals surface area contributed by atoms with Crippen LogP contribution in [0.4, 0.5) is 10.1 Å². The number of nitrogens with zero attached hydrogens (tertiary/aromatic N) is 2. The van der Waals surface area contributed by atoms with Crippen LogP contribution in [0.25, 0.3) is 11.1 Å². The van der Waals surface area contributed by atoms with E-state index in [0.29, 0.717) is 23.8 Å². The molecule has 0 radical (unpaired) electrons. The van der Waals surface area contributed by atoms with Gasteiger partial charge in [0.15, 0.2) is 0 Å². The van der Waals surface area contributed by atoms with E-state index in [4.69, 9.17) is 0 Å². The summed E-state index contributed by atoms with van der Waals surface area (Å²) in [6.45, 7) is 5.60. The Kier molecular flexibility index (Phi) is 5.50. The second kappa shape index (κ2) is 8.24. The van der Waals surface area contributed by atoms with E-state index < -0.39 is 5.97 Å². The van der Waals surface area contributed by atoms with Crippen LogP contribution in [0.3, 0.4) is 0 Å². The highest BCUT2D eigenvalue weighted by Gasteiger charge is 2.32. The third kappa shape index (κ3) is 3.78. The van der Waals surface area contributed by atoms with Gasteiger partial charge >= 0.3 is 5.97 Å². The third-order valence-corrected chi connectivity index (χ3v) is 5.64. The zero-order chi connectivity index (χ0) is 21.3. The van der Waals surface area contributed by atoms with Crippen molar-refractivity contribution in [1.82, 2.24) is 9.88 Å². The molecular weight excluding hydrogens is 381 g/mol. The summed E-state index contributed by atoms with van der Waals surface area (Å²) in [5, 5.41) is 12.7. The molecule has 154 valence electrons. The van der Waals surface area contributed by atoms with Gasteiger partial charge in [-0.05, 0) is 48.7 Å². The van der Waals surface area contributed by atoms with Crippen molar-refractivity contribution in [2.45, 2.75) is 32.5 Å². The highest BCUT2D eigenvalue weighted by atomic mass is 19.1. The number of pyridine rings is 1. The minimum atomic E-state index is -0.984. The van der Waals surface area contributed by atoms with E-state index in [9.17, 15) is 14.3 Å². The molecule has 1 atom stereocenters. The zero-order valence-electron chi connectivity index (χ0n) is 17.0. The number of benzene rings is 2. The van der Waals surface area contributed by atoms with E-state index in [1.165, 1.54) is 29.5 Å². The quantitative estimate of drug-likeness (QED) is 0.607. The van der Waals surface area contributed by atoms with Gasteiger partial charge < -0.3 is 10.4 Å². The Morgan fingerprint density at radius 3 is 2.80 bits per heavy atom. The molecule has 2 heterocycles. The number of hydrogen-bond donors (Lipinski definition) is 2.